The Kier molecular flexibility index (Phi) is 4.03. The van der Waals surface area contributed by atoms with Gasteiger partial charge in [-0.05, 0) is 67.8 Å². The molecule has 112 valence electrons. The van der Waals surface area contributed by atoms with Gasteiger partial charge in [-0.15, -0.1) is 0 Å². The highest BCUT2D eigenvalue weighted by molar-refractivity contribution is 5.97. The van der Waals surface area contributed by atoms with Crippen LogP contribution in [0.25, 0.3) is 0 Å². The molecule has 0 saturated heterocycles. The van der Waals surface area contributed by atoms with Crippen LogP contribution in [0.15, 0.2) is 11.1 Å². The lowest BCUT2D eigenvalue weighted by molar-refractivity contribution is -0.117. The molecule has 3 aliphatic rings. The number of aliphatic hydroxyl groups is 1. The van der Waals surface area contributed by atoms with Gasteiger partial charge in [0.1, 0.15) is 0 Å². The maximum atomic E-state index is 12.3. The average Bonchev–Trinajstić information content (AvgIpc) is 2.83. The topological polar surface area (TPSA) is 37.3 Å². The van der Waals surface area contributed by atoms with Gasteiger partial charge in [0, 0.05) is 6.42 Å². The SMILES string of the molecule is CCC(C)CC1=C2CCC3C(CC[C@@H]3O)C2CCC1=O. The summed E-state index contributed by atoms with van der Waals surface area (Å²) in [6.07, 6.45) is 8.19. The van der Waals surface area contributed by atoms with Crippen LogP contribution < -0.4 is 0 Å². The van der Waals surface area contributed by atoms with Crippen molar-refractivity contribution in [3.8, 4) is 0 Å². The smallest absolute Gasteiger partial charge is 0.158 e. The Hall–Kier alpha value is -0.630. The van der Waals surface area contributed by atoms with Gasteiger partial charge in [-0.25, -0.2) is 0 Å². The summed E-state index contributed by atoms with van der Waals surface area (Å²) in [6, 6.07) is 0. The molecule has 5 atom stereocenters. The maximum absolute atomic E-state index is 12.3. The molecule has 0 aromatic heterocycles. The van der Waals surface area contributed by atoms with Gasteiger partial charge in [0.2, 0.25) is 0 Å². The number of ketones is 1. The minimum Gasteiger partial charge on any atom is -0.393 e. The van der Waals surface area contributed by atoms with Crippen molar-refractivity contribution in [3.05, 3.63) is 11.1 Å². The molecule has 2 heteroatoms. The third kappa shape index (κ3) is 2.36. The first kappa shape index (κ1) is 14.3. The number of allylic oxidation sites excluding steroid dienone is 2. The number of Topliss-reactive ketones (excluding diaryl/α,β-unsaturated/α-hetero) is 1. The molecule has 4 unspecified atom stereocenters. The van der Waals surface area contributed by atoms with Crippen LogP contribution in [0.5, 0.6) is 0 Å². The van der Waals surface area contributed by atoms with E-state index in [2.05, 4.69) is 13.8 Å². The van der Waals surface area contributed by atoms with E-state index in [0.717, 1.165) is 44.9 Å². The van der Waals surface area contributed by atoms with Crippen LogP contribution in [0.1, 0.15) is 65.2 Å². The third-order valence-electron chi connectivity index (χ3n) is 6.21. The summed E-state index contributed by atoms with van der Waals surface area (Å²) in [7, 11) is 0. The van der Waals surface area contributed by atoms with Crippen LogP contribution in [0.3, 0.4) is 0 Å². The summed E-state index contributed by atoms with van der Waals surface area (Å²) < 4.78 is 0. The predicted molar refractivity (Wildman–Crippen MR) is 80.3 cm³/mol. The van der Waals surface area contributed by atoms with E-state index in [1.807, 2.05) is 0 Å². The van der Waals surface area contributed by atoms with Crippen molar-refractivity contribution in [2.24, 2.45) is 23.7 Å². The zero-order valence-corrected chi connectivity index (χ0v) is 12.9. The summed E-state index contributed by atoms with van der Waals surface area (Å²) in [5, 5.41) is 10.1. The monoisotopic (exact) mass is 276 g/mol. The van der Waals surface area contributed by atoms with Crippen LogP contribution in [0.2, 0.25) is 0 Å². The summed E-state index contributed by atoms with van der Waals surface area (Å²) in [5.41, 5.74) is 2.69. The Morgan fingerprint density at radius 3 is 2.70 bits per heavy atom. The summed E-state index contributed by atoms with van der Waals surface area (Å²) in [6.45, 7) is 4.47. The quantitative estimate of drug-likeness (QED) is 0.849. The number of hydrogen-bond donors (Lipinski definition) is 1. The number of carbonyl (C=O) groups is 1. The first-order valence-electron chi connectivity index (χ1n) is 8.55. The van der Waals surface area contributed by atoms with Gasteiger partial charge in [0.25, 0.3) is 0 Å². The molecule has 0 heterocycles. The first-order chi connectivity index (χ1) is 9.61. The number of fused-ring (bicyclic) bond motifs is 3. The molecule has 0 aromatic carbocycles. The van der Waals surface area contributed by atoms with E-state index in [-0.39, 0.29) is 6.10 Å². The molecular formula is C18H28O2. The van der Waals surface area contributed by atoms with Crippen LogP contribution in [-0.4, -0.2) is 17.0 Å². The van der Waals surface area contributed by atoms with Gasteiger partial charge in [0.05, 0.1) is 6.10 Å². The van der Waals surface area contributed by atoms with Gasteiger partial charge in [0.15, 0.2) is 5.78 Å². The molecule has 0 amide bonds. The standard InChI is InChI=1S/C18H28O2/c1-3-11(2)10-16-14-4-5-15-13(7-8-17(15)19)12(14)6-9-18(16)20/h11-13,15,17,19H,3-10H2,1-2H3/t11?,12?,13?,15?,17-/m0/s1. The molecule has 2 nitrogen and oxygen atoms in total. The van der Waals surface area contributed by atoms with Crippen molar-refractivity contribution in [2.45, 2.75) is 71.3 Å². The lowest BCUT2D eigenvalue weighted by atomic mass is 9.64. The van der Waals surface area contributed by atoms with Crippen LogP contribution in [0, 0.1) is 23.7 Å². The number of rotatable bonds is 3. The maximum Gasteiger partial charge on any atom is 0.158 e. The zero-order chi connectivity index (χ0) is 14.3. The summed E-state index contributed by atoms with van der Waals surface area (Å²) in [5.74, 6) is 2.83. The number of hydrogen-bond acceptors (Lipinski definition) is 2. The molecule has 0 bridgehead atoms. The highest BCUT2D eigenvalue weighted by atomic mass is 16.3. The Labute approximate surface area is 122 Å². The molecule has 0 aliphatic heterocycles. The van der Waals surface area contributed by atoms with Crippen molar-refractivity contribution in [3.63, 3.8) is 0 Å². The number of aliphatic hydroxyl groups excluding tert-OH is 1. The fourth-order valence-corrected chi connectivity index (χ4v) is 4.87. The normalized spacial score (nSPS) is 38.6. The molecule has 1 N–H and O–H groups in total. The minimum absolute atomic E-state index is 0.0720. The fourth-order valence-electron chi connectivity index (χ4n) is 4.87. The van der Waals surface area contributed by atoms with Crippen molar-refractivity contribution in [2.75, 3.05) is 0 Å². The summed E-state index contributed by atoms with van der Waals surface area (Å²) in [4.78, 5) is 12.3. The minimum atomic E-state index is -0.0720. The van der Waals surface area contributed by atoms with Crippen LogP contribution in [0.4, 0.5) is 0 Å². The highest BCUT2D eigenvalue weighted by Crippen LogP contribution is 2.52. The third-order valence-corrected chi connectivity index (χ3v) is 6.21. The van der Waals surface area contributed by atoms with E-state index in [0.29, 0.717) is 29.5 Å². The van der Waals surface area contributed by atoms with E-state index in [4.69, 9.17) is 0 Å². The zero-order valence-electron chi connectivity index (χ0n) is 12.9. The van der Waals surface area contributed by atoms with E-state index >= 15 is 0 Å². The van der Waals surface area contributed by atoms with Gasteiger partial charge >= 0.3 is 0 Å². The van der Waals surface area contributed by atoms with Gasteiger partial charge in [-0.3, -0.25) is 4.79 Å². The average molecular weight is 276 g/mol. The van der Waals surface area contributed by atoms with Crippen molar-refractivity contribution < 1.29 is 9.90 Å². The molecule has 3 aliphatic carbocycles. The molecule has 2 saturated carbocycles. The van der Waals surface area contributed by atoms with Crippen molar-refractivity contribution in [1.82, 2.24) is 0 Å². The molecular weight excluding hydrogens is 248 g/mol. The second-order valence-electron chi connectivity index (χ2n) is 7.30. The molecule has 0 radical (unpaired) electrons. The second kappa shape index (κ2) is 5.63. The molecule has 2 fully saturated rings. The van der Waals surface area contributed by atoms with Gasteiger partial charge in [-0.1, -0.05) is 25.8 Å². The van der Waals surface area contributed by atoms with E-state index < -0.39 is 0 Å². The fraction of sp³-hybridized carbons (Fsp3) is 0.833. The number of carbonyl (C=O) groups excluding carboxylic acids is 1. The van der Waals surface area contributed by atoms with Crippen LogP contribution >= 0.6 is 0 Å². The van der Waals surface area contributed by atoms with E-state index in [1.54, 1.807) is 0 Å². The molecule has 3 rings (SSSR count). The largest absolute Gasteiger partial charge is 0.393 e. The first-order valence-corrected chi connectivity index (χ1v) is 8.55. The van der Waals surface area contributed by atoms with Crippen molar-refractivity contribution in [1.29, 1.82) is 0 Å². The molecule has 0 spiro atoms. The Bertz CT molecular complexity index is 423. The molecule has 20 heavy (non-hydrogen) atoms. The van der Waals surface area contributed by atoms with E-state index in [9.17, 15) is 9.90 Å². The van der Waals surface area contributed by atoms with Gasteiger partial charge in [-0.2, -0.15) is 0 Å². The van der Waals surface area contributed by atoms with E-state index in [1.165, 1.54) is 17.6 Å². The van der Waals surface area contributed by atoms with Gasteiger partial charge < -0.3 is 5.11 Å². The predicted octanol–water partition coefficient (Wildman–Crippen LogP) is 3.88. The molecule has 0 aromatic rings. The van der Waals surface area contributed by atoms with Crippen molar-refractivity contribution >= 4 is 5.78 Å². The second-order valence-corrected chi connectivity index (χ2v) is 7.30. The Morgan fingerprint density at radius 2 is 1.95 bits per heavy atom. The lowest BCUT2D eigenvalue weighted by Gasteiger charge is -2.41. The Morgan fingerprint density at radius 1 is 1.15 bits per heavy atom. The highest BCUT2D eigenvalue weighted by Gasteiger charge is 2.45. The lowest BCUT2D eigenvalue weighted by Crippen LogP contribution is -2.35. The van der Waals surface area contributed by atoms with Crippen LogP contribution in [-0.2, 0) is 4.79 Å². The summed E-state index contributed by atoms with van der Waals surface area (Å²) >= 11 is 0. The Balaban J connectivity index is 1.87.